The maximum atomic E-state index is 10.6. The second-order valence-electron chi connectivity index (χ2n) is 2.64. The van der Waals surface area contributed by atoms with Gasteiger partial charge in [0, 0.05) is 18.3 Å². The summed E-state index contributed by atoms with van der Waals surface area (Å²) >= 11 is 0. The van der Waals surface area contributed by atoms with Gasteiger partial charge in [-0.05, 0) is 19.1 Å². The summed E-state index contributed by atoms with van der Waals surface area (Å²) in [5, 5.41) is 3.03. The first kappa shape index (κ1) is 9.45. The van der Waals surface area contributed by atoms with Gasteiger partial charge in [0.1, 0.15) is 0 Å². The maximum absolute atomic E-state index is 10.6. The highest BCUT2D eigenvalue weighted by Gasteiger charge is 1.99. The Morgan fingerprint density at radius 1 is 1.46 bits per heavy atom. The third-order valence-corrected chi connectivity index (χ3v) is 1.74. The smallest absolute Gasteiger partial charge is 0.152 e. The molecule has 0 aliphatic carbocycles. The van der Waals surface area contributed by atoms with Gasteiger partial charge in [-0.1, -0.05) is 12.1 Å². The van der Waals surface area contributed by atoms with E-state index >= 15 is 0 Å². The molecule has 1 aromatic carbocycles. The zero-order valence-electron chi connectivity index (χ0n) is 7.74. The number of aliphatic imine (C=N–C) groups is 1. The first-order chi connectivity index (χ1) is 6.27. The average Bonchev–Trinajstić information content (AvgIpc) is 2.18. The number of aldehydes is 1. The number of rotatable bonds is 2. The number of carbonyl (C=O) groups excluding carboxylic acids is 1. The Morgan fingerprint density at radius 2 is 2.15 bits per heavy atom. The average molecular weight is 176 g/mol. The maximum Gasteiger partial charge on any atom is 0.152 e. The van der Waals surface area contributed by atoms with Crippen molar-refractivity contribution in [3.8, 4) is 0 Å². The second kappa shape index (κ2) is 4.40. The Morgan fingerprint density at radius 3 is 2.77 bits per heavy atom. The molecule has 1 aromatic rings. The number of hydrogen-bond acceptors (Lipinski definition) is 2. The molecular formula is C10H12N2O. The lowest BCUT2D eigenvalue weighted by Crippen LogP contribution is -2.08. The van der Waals surface area contributed by atoms with Crippen LogP contribution in [-0.2, 0) is 0 Å². The Hall–Kier alpha value is -1.64. The third-order valence-electron chi connectivity index (χ3n) is 1.74. The van der Waals surface area contributed by atoms with Gasteiger partial charge in [0.2, 0.25) is 0 Å². The van der Waals surface area contributed by atoms with Crippen molar-refractivity contribution in [1.29, 1.82) is 0 Å². The van der Waals surface area contributed by atoms with E-state index in [0.717, 1.165) is 17.8 Å². The molecule has 1 N–H and O–H groups in total. The minimum atomic E-state index is 0.644. The molecule has 0 unspecified atom stereocenters. The van der Waals surface area contributed by atoms with E-state index in [9.17, 15) is 4.79 Å². The first-order valence-electron chi connectivity index (χ1n) is 4.02. The molecule has 0 bridgehead atoms. The molecule has 0 radical (unpaired) electrons. The van der Waals surface area contributed by atoms with E-state index in [1.54, 1.807) is 13.1 Å². The summed E-state index contributed by atoms with van der Waals surface area (Å²) in [6.45, 7) is 1.85. The van der Waals surface area contributed by atoms with E-state index in [0.29, 0.717) is 5.56 Å². The largest absolute Gasteiger partial charge is 0.344 e. The van der Waals surface area contributed by atoms with Crippen molar-refractivity contribution in [2.45, 2.75) is 6.92 Å². The highest BCUT2D eigenvalue weighted by atomic mass is 16.1. The van der Waals surface area contributed by atoms with Gasteiger partial charge in [0.25, 0.3) is 0 Å². The van der Waals surface area contributed by atoms with Crippen molar-refractivity contribution in [3.05, 3.63) is 29.8 Å². The van der Waals surface area contributed by atoms with E-state index in [2.05, 4.69) is 10.3 Å². The quantitative estimate of drug-likeness (QED) is 0.425. The highest BCUT2D eigenvalue weighted by Crippen LogP contribution is 2.12. The van der Waals surface area contributed by atoms with Gasteiger partial charge >= 0.3 is 0 Å². The molecule has 0 saturated carbocycles. The summed E-state index contributed by atoms with van der Waals surface area (Å²) in [7, 11) is 1.70. The molecule has 0 atom stereocenters. The Kier molecular flexibility index (Phi) is 3.20. The lowest BCUT2D eigenvalue weighted by atomic mass is 10.2. The fourth-order valence-corrected chi connectivity index (χ4v) is 0.964. The summed E-state index contributed by atoms with van der Waals surface area (Å²) in [6, 6.07) is 7.31. The van der Waals surface area contributed by atoms with Crippen molar-refractivity contribution in [3.63, 3.8) is 0 Å². The fourth-order valence-electron chi connectivity index (χ4n) is 0.964. The van der Waals surface area contributed by atoms with Crippen LogP contribution in [0.3, 0.4) is 0 Å². The molecule has 0 fully saturated rings. The number of hydrogen-bond donors (Lipinski definition) is 1. The van der Waals surface area contributed by atoms with Crippen LogP contribution in [0.25, 0.3) is 0 Å². The number of anilines is 1. The first-order valence-corrected chi connectivity index (χ1v) is 4.02. The van der Waals surface area contributed by atoms with Crippen LogP contribution >= 0.6 is 0 Å². The summed E-state index contributed by atoms with van der Waals surface area (Å²) in [5.41, 5.74) is 1.44. The normalized spacial score (nSPS) is 11.1. The molecule has 0 amide bonds. The minimum absolute atomic E-state index is 0.644. The highest BCUT2D eigenvalue weighted by molar-refractivity contribution is 5.97. The Balaban J connectivity index is 2.93. The monoisotopic (exact) mass is 176 g/mol. The lowest BCUT2D eigenvalue weighted by Gasteiger charge is -2.06. The summed E-state index contributed by atoms with van der Waals surface area (Å²) in [5.74, 6) is 0.786. The molecule has 0 aliphatic heterocycles. The number of nitrogens with zero attached hydrogens (tertiary/aromatic N) is 1. The third kappa shape index (κ3) is 2.40. The molecule has 0 saturated heterocycles. The zero-order chi connectivity index (χ0) is 9.68. The zero-order valence-corrected chi connectivity index (χ0v) is 7.74. The SMILES string of the molecule is CN=C(C)Nc1ccccc1C=O. The second-order valence-corrected chi connectivity index (χ2v) is 2.64. The Bertz CT molecular complexity index is 331. The molecule has 1 rings (SSSR count). The van der Waals surface area contributed by atoms with Crippen molar-refractivity contribution in [2.75, 3.05) is 12.4 Å². The van der Waals surface area contributed by atoms with Gasteiger partial charge in [-0.2, -0.15) is 0 Å². The number of carbonyl (C=O) groups is 1. The van der Waals surface area contributed by atoms with Crippen molar-refractivity contribution >= 4 is 17.8 Å². The molecule has 0 aliphatic rings. The van der Waals surface area contributed by atoms with Crippen LogP contribution in [0.5, 0.6) is 0 Å². The van der Waals surface area contributed by atoms with E-state index in [1.807, 2.05) is 25.1 Å². The van der Waals surface area contributed by atoms with Crippen LogP contribution in [0.4, 0.5) is 5.69 Å². The van der Waals surface area contributed by atoms with Crippen molar-refractivity contribution < 1.29 is 4.79 Å². The van der Waals surface area contributed by atoms with E-state index < -0.39 is 0 Å². The van der Waals surface area contributed by atoms with Crippen LogP contribution in [0.15, 0.2) is 29.3 Å². The van der Waals surface area contributed by atoms with Crippen LogP contribution in [0.1, 0.15) is 17.3 Å². The Labute approximate surface area is 77.5 Å². The van der Waals surface area contributed by atoms with Crippen LogP contribution < -0.4 is 5.32 Å². The molecule has 3 nitrogen and oxygen atoms in total. The predicted octanol–water partition coefficient (Wildman–Crippen LogP) is 1.96. The summed E-state index contributed by atoms with van der Waals surface area (Å²) in [6.07, 6.45) is 0.825. The molecule has 3 heteroatoms. The molecule has 68 valence electrons. The molecule has 0 spiro atoms. The predicted molar refractivity (Wildman–Crippen MR) is 54.5 cm³/mol. The summed E-state index contributed by atoms with van der Waals surface area (Å²) in [4.78, 5) is 14.6. The number of para-hydroxylation sites is 1. The topological polar surface area (TPSA) is 41.5 Å². The van der Waals surface area contributed by atoms with Crippen molar-refractivity contribution in [1.82, 2.24) is 0 Å². The standard InChI is InChI=1S/C10H12N2O/c1-8(11-2)12-10-6-4-3-5-9(10)7-13/h3-7H,1-2H3,(H,11,12). The number of benzene rings is 1. The lowest BCUT2D eigenvalue weighted by molar-refractivity contribution is 0.112. The minimum Gasteiger partial charge on any atom is -0.344 e. The van der Waals surface area contributed by atoms with Crippen molar-refractivity contribution in [2.24, 2.45) is 4.99 Å². The van der Waals surface area contributed by atoms with Gasteiger partial charge in [-0.15, -0.1) is 0 Å². The van der Waals surface area contributed by atoms with Crippen LogP contribution in [0.2, 0.25) is 0 Å². The van der Waals surface area contributed by atoms with Gasteiger partial charge in [0.15, 0.2) is 6.29 Å². The van der Waals surface area contributed by atoms with E-state index in [4.69, 9.17) is 0 Å². The van der Waals surface area contributed by atoms with Gasteiger partial charge in [-0.25, -0.2) is 0 Å². The number of nitrogens with one attached hydrogen (secondary N) is 1. The molecule has 13 heavy (non-hydrogen) atoms. The summed E-state index contributed by atoms with van der Waals surface area (Å²) < 4.78 is 0. The fraction of sp³-hybridized carbons (Fsp3) is 0.200. The van der Waals surface area contributed by atoms with Crippen LogP contribution in [-0.4, -0.2) is 19.2 Å². The van der Waals surface area contributed by atoms with Gasteiger partial charge < -0.3 is 5.32 Å². The van der Waals surface area contributed by atoms with Gasteiger partial charge in [0.05, 0.1) is 5.84 Å². The molecule has 0 heterocycles. The molecule has 0 aromatic heterocycles. The van der Waals surface area contributed by atoms with E-state index in [1.165, 1.54) is 0 Å². The van der Waals surface area contributed by atoms with E-state index in [-0.39, 0.29) is 0 Å². The molecular weight excluding hydrogens is 164 g/mol. The van der Waals surface area contributed by atoms with Gasteiger partial charge in [-0.3, -0.25) is 9.79 Å². The number of amidine groups is 1. The van der Waals surface area contributed by atoms with Crippen LogP contribution in [0, 0.1) is 0 Å².